The summed E-state index contributed by atoms with van der Waals surface area (Å²) in [5.74, 6) is -1.37. The van der Waals surface area contributed by atoms with E-state index in [-0.39, 0.29) is 31.6 Å². The summed E-state index contributed by atoms with van der Waals surface area (Å²) in [5, 5.41) is 11.6. The van der Waals surface area contributed by atoms with E-state index in [0.717, 1.165) is 22.3 Å². The second-order valence-corrected chi connectivity index (χ2v) is 8.88. The van der Waals surface area contributed by atoms with Crippen LogP contribution >= 0.6 is 0 Å². The number of fused-ring (bicyclic) bond motifs is 3. The van der Waals surface area contributed by atoms with Gasteiger partial charge >= 0.3 is 6.09 Å². The first-order valence-corrected chi connectivity index (χ1v) is 10.2. The van der Waals surface area contributed by atoms with E-state index in [9.17, 15) is 14.7 Å². The summed E-state index contributed by atoms with van der Waals surface area (Å²) in [6.07, 6.45) is -0.816. The molecule has 6 nitrogen and oxygen atoms in total. The van der Waals surface area contributed by atoms with Crippen LogP contribution in [0.5, 0.6) is 0 Å². The number of rotatable bonds is 4. The number of hydrogen-bond donors (Lipinski definition) is 0. The van der Waals surface area contributed by atoms with E-state index in [4.69, 9.17) is 9.47 Å². The molecule has 1 saturated heterocycles. The van der Waals surface area contributed by atoms with Crippen LogP contribution in [0.25, 0.3) is 11.1 Å². The topological polar surface area (TPSA) is 78.9 Å². The molecule has 0 unspecified atom stereocenters. The quantitative estimate of drug-likeness (QED) is 0.777. The van der Waals surface area contributed by atoms with Crippen LogP contribution in [-0.2, 0) is 14.3 Å². The van der Waals surface area contributed by atoms with Crippen molar-refractivity contribution in [1.82, 2.24) is 4.90 Å². The molecule has 1 amide bonds. The fourth-order valence-corrected chi connectivity index (χ4v) is 4.48. The molecule has 6 heteroatoms. The van der Waals surface area contributed by atoms with Crippen LogP contribution in [0.15, 0.2) is 48.5 Å². The molecule has 4 rings (SSSR count). The minimum atomic E-state index is -1.29. The highest BCUT2D eigenvalue weighted by Crippen LogP contribution is 2.44. The summed E-state index contributed by atoms with van der Waals surface area (Å²) < 4.78 is 11.5. The largest absolute Gasteiger partial charge is 0.548 e. The third-order valence-corrected chi connectivity index (χ3v) is 5.63. The van der Waals surface area contributed by atoms with Gasteiger partial charge in [0.1, 0.15) is 6.61 Å². The van der Waals surface area contributed by atoms with E-state index in [1.807, 2.05) is 57.2 Å². The van der Waals surface area contributed by atoms with Crippen LogP contribution in [0.3, 0.4) is 0 Å². The molecule has 1 aliphatic carbocycles. The number of amides is 1. The molecule has 0 spiro atoms. The van der Waals surface area contributed by atoms with Gasteiger partial charge in [-0.25, -0.2) is 4.79 Å². The van der Waals surface area contributed by atoms with Crippen molar-refractivity contribution in [2.45, 2.75) is 50.9 Å². The van der Waals surface area contributed by atoms with E-state index in [1.165, 1.54) is 4.90 Å². The van der Waals surface area contributed by atoms with Crippen molar-refractivity contribution < 1.29 is 24.2 Å². The Balaban J connectivity index is 1.48. The Bertz CT molecular complexity index is 919. The van der Waals surface area contributed by atoms with Crippen molar-refractivity contribution in [2.24, 2.45) is 0 Å². The van der Waals surface area contributed by atoms with Crippen molar-refractivity contribution >= 4 is 12.1 Å². The van der Waals surface area contributed by atoms with Gasteiger partial charge in [0.2, 0.25) is 0 Å². The molecule has 1 heterocycles. The molecule has 0 saturated carbocycles. The Labute approximate surface area is 176 Å². The van der Waals surface area contributed by atoms with Crippen LogP contribution in [0.4, 0.5) is 4.79 Å². The number of carboxylic acids is 1. The standard InChI is InChI=1S/C24H27NO5/c1-24(2,3)30-15-12-21(22(26)27)25(13-15)23(28)29-14-20-18-10-6-4-8-16(18)17-9-5-7-11-19(17)20/h4-11,15,20-21H,12-14H2,1-3H3,(H,26,27)/p-1/t15-,21+/m1/s1. The van der Waals surface area contributed by atoms with Gasteiger partial charge in [0.15, 0.2) is 0 Å². The number of carbonyl (C=O) groups excluding carboxylic acids is 2. The molecule has 0 aromatic heterocycles. The average molecular weight is 408 g/mol. The van der Waals surface area contributed by atoms with E-state index in [2.05, 4.69) is 12.1 Å². The molecule has 0 radical (unpaired) electrons. The molecule has 1 fully saturated rings. The average Bonchev–Trinajstić information content (AvgIpc) is 3.24. The fourth-order valence-electron chi connectivity index (χ4n) is 4.48. The van der Waals surface area contributed by atoms with E-state index in [0.29, 0.717) is 0 Å². The molecule has 2 atom stereocenters. The number of carbonyl (C=O) groups is 2. The zero-order valence-corrected chi connectivity index (χ0v) is 17.5. The van der Waals surface area contributed by atoms with Gasteiger partial charge in [-0.3, -0.25) is 4.90 Å². The third kappa shape index (κ3) is 3.92. The van der Waals surface area contributed by atoms with Crippen molar-refractivity contribution in [1.29, 1.82) is 0 Å². The maximum absolute atomic E-state index is 12.8. The predicted octanol–water partition coefficient (Wildman–Crippen LogP) is 2.94. The first-order valence-electron chi connectivity index (χ1n) is 10.2. The Morgan fingerprint density at radius 3 is 2.13 bits per heavy atom. The van der Waals surface area contributed by atoms with Crippen LogP contribution in [0.1, 0.15) is 44.2 Å². The minimum Gasteiger partial charge on any atom is -0.548 e. The summed E-state index contributed by atoms with van der Waals surface area (Å²) >= 11 is 0. The Morgan fingerprint density at radius 2 is 1.60 bits per heavy atom. The van der Waals surface area contributed by atoms with Crippen LogP contribution < -0.4 is 5.11 Å². The summed E-state index contributed by atoms with van der Waals surface area (Å²) in [7, 11) is 0. The molecule has 1 aliphatic heterocycles. The number of likely N-dealkylation sites (tertiary alicyclic amines) is 1. The second kappa shape index (κ2) is 7.76. The lowest BCUT2D eigenvalue weighted by Crippen LogP contribution is -2.47. The maximum Gasteiger partial charge on any atom is 0.410 e. The molecule has 2 aromatic carbocycles. The summed E-state index contributed by atoms with van der Waals surface area (Å²) in [4.78, 5) is 25.6. The SMILES string of the molecule is CC(C)(C)O[C@@H]1C[C@@H](C(=O)[O-])N(C(=O)OCC2c3ccccc3-c3ccccc32)C1. The predicted molar refractivity (Wildman–Crippen MR) is 110 cm³/mol. The number of carboxylic acid groups (broad SMARTS) is 1. The van der Waals surface area contributed by atoms with Gasteiger partial charge < -0.3 is 19.4 Å². The monoisotopic (exact) mass is 408 g/mol. The summed E-state index contributed by atoms with van der Waals surface area (Å²) in [6, 6.07) is 15.1. The molecule has 158 valence electrons. The van der Waals surface area contributed by atoms with Crippen LogP contribution in [0, 0.1) is 0 Å². The Morgan fingerprint density at radius 1 is 1.03 bits per heavy atom. The van der Waals surface area contributed by atoms with Gasteiger partial charge in [0.25, 0.3) is 0 Å². The molecule has 2 aromatic rings. The fraction of sp³-hybridized carbons (Fsp3) is 0.417. The van der Waals surface area contributed by atoms with Gasteiger partial charge in [-0.15, -0.1) is 0 Å². The lowest BCUT2D eigenvalue weighted by atomic mass is 9.98. The zero-order valence-electron chi connectivity index (χ0n) is 17.5. The van der Waals surface area contributed by atoms with Crippen LogP contribution in [-0.4, -0.2) is 47.9 Å². The van der Waals surface area contributed by atoms with Gasteiger partial charge in [-0.2, -0.15) is 0 Å². The normalized spacial score (nSPS) is 20.7. The highest BCUT2D eigenvalue weighted by Gasteiger charge is 2.40. The lowest BCUT2D eigenvalue weighted by molar-refractivity contribution is -0.310. The maximum atomic E-state index is 12.8. The van der Waals surface area contributed by atoms with E-state index in [1.54, 1.807) is 0 Å². The number of aliphatic carboxylic acids is 1. The highest BCUT2D eigenvalue weighted by molar-refractivity contribution is 5.81. The smallest absolute Gasteiger partial charge is 0.410 e. The van der Waals surface area contributed by atoms with Gasteiger partial charge in [-0.1, -0.05) is 48.5 Å². The third-order valence-electron chi connectivity index (χ3n) is 5.63. The first kappa shape index (κ1) is 20.4. The first-order chi connectivity index (χ1) is 14.2. The molecule has 0 bridgehead atoms. The van der Waals surface area contributed by atoms with Crippen LogP contribution in [0.2, 0.25) is 0 Å². The van der Waals surface area contributed by atoms with Crippen molar-refractivity contribution in [3.8, 4) is 11.1 Å². The molecular weight excluding hydrogens is 382 g/mol. The number of benzene rings is 2. The minimum absolute atomic E-state index is 0.0769. The van der Waals surface area contributed by atoms with E-state index < -0.39 is 23.7 Å². The summed E-state index contributed by atoms with van der Waals surface area (Å²) in [6.45, 7) is 6.02. The van der Waals surface area contributed by atoms with Crippen molar-refractivity contribution in [2.75, 3.05) is 13.2 Å². The lowest BCUT2D eigenvalue weighted by Gasteiger charge is -2.26. The molecule has 30 heavy (non-hydrogen) atoms. The zero-order chi connectivity index (χ0) is 21.5. The van der Waals surface area contributed by atoms with Gasteiger partial charge in [-0.05, 0) is 43.0 Å². The number of ether oxygens (including phenoxy) is 2. The Kier molecular flexibility index (Phi) is 5.28. The second-order valence-electron chi connectivity index (χ2n) is 8.88. The van der Waals surface area contributed by atoms with Crippen molar-refractivity contribution in [3.63, 3.8) is 0 Å². The van der Waals surface area contributed by atoms with Gasteiger partial charge in [0.05, 0.1) is 30.3 Å². The van der Waals surface area contributed by atoms with Crippen molar-refractivity contribution in [3.05, 3.63) is 59.7 Å². The highest BCUT2D eigenvalue weighted by atomic mass is 16.6. The molecule has 2 aliphatic rings. The molecule has 0 N–H and O–H groups in total. The number of nitrogens with zero attached hydrogens (tertiary/aromatic N) is 1. The van der Waals surface area contributed by atoms with Gasteiger partial charge in [0, 0.05) is 12.3 Å². The molecular formula is C24H26NO5-. The van der Waals surface area contributed by atoms with E-state index >= 15 is 0 Å². The number of hydrogen-bond acceptors (Lipinski definition) is 5. The Hall–Kier alpha value is -2.86. The summed E-state index contributed by atoms with van der Waals surface area (Å²) in [5.41, 5.74) is 4.07.